The number of ether oxygens (including phenoxy) is 2. The van der Waals surface area contributed by atoms with Crippen molar-refractivity contribution in [1.82, 2.24) is 15.0 Å². The van der Waals surface area contributed by atoms with E-state index < -0.39 is 11.7 Å². The Bertz CT molecular complexity index is 1170. The van der Waals surface area contributed by atoms with Crippen LogP contribution < -0.4 is 16.2 Å². The van der Waals surface area contributed by atoms with E-state index in [0.29, 0.717) is 22.5 Å². The Hall–Kier alpha value is -4.06. The first-order valence-electron chi connectivity index (χ1n) is 9.13. The number of allylic oxidation sites excluding steroid dienone is 1. The van der Waals surface area contributed by atoms with E-state index in [2.05, 4.69) is 21.0 Å². The number of anilines is 1. The second-order valence-corrected chi connectivity index (χ2v) is 7.24. The monoisotopic (exact) mass is 406 g/mol. The molecule has 1 amide bonds. The van der Waals surface area contributed by atoms with E-state index in [1.54, 1.807) is 37.4 Å². The predicted molar refractivity (Wildman–Crippen MR) is 112 cm³/mol. The molecule has 3 aromatic rings. The summed E-state index contributed by atoms with van der Waals surface area (Å²) in [6.07, 6.45) is 2.47. The van der Waals surface area contributed by atoms with Gasteiger partial charge in [-0.2, -0.15) is 5.26 Å². The number of benzene rings is 1. The van der Waals surface area contributed by atoms with Crippen molar-refractivity contribution in [2.45, 2.75) is 26.4 Å². The van der Waals surface area contributed by atoms with E-state index in [4.69, 9.17) is 20.9 Å². The molecule has 30 heavy (non-hydrogen) atoms. The summed E-state index contributed by atoms with van der Waals surface area (Å²) >= 11 is 0. The number of H-pyrrole nitrogens is 1. The average Bonchev–Trinajstić information content (AvgIpc) is 3.05. The minimum Gasteiger partial charge on any atom is -0.488 e. The average molecular weight is 406 g/mol. The molecule has 3 rings (SSSR count). The van der Waals surface area contributed by atoms with Crippen LogP contribution in [0.25, 0.3) is 22.3 Å². The lowest BCUT2D eigenvalue weighted by atomic mass is 10.0. The summed E-state index contributed by atoms with van der Waals surface area (Å²) in [4.78, 5) is 22.6. The van der Waals surface area contributed by atoms with Crippen LogP contribution in [-0.4, -0.2) is 33.3 Å². The van der Waals surface area contributed by atoms with E-state index in [-0.39, 0.29) is 12.6 Å². The fourth-order valence-electron chi connectivity index (χ4n) is 3.23. The summed E-state index contributed by atoms with van der Waals surface area (Å²) in [5.41, 5.74) is 13.8. The number of nitriles is 1. The molecule has 0 aliphatic rings. The van der Waals surface area contributed by atoms with Crippen LogP contribution in [0.2, 0.25) is 0 Å². The predicted octanol–water partition coefficient (Wildman–Crippen LogP) is 3.28. The van der Waals surface area contributed by atoms with Crippen molar-refractivity contribution in [3.05, 3.63) is 47.7 Å². The smallest absolute Gasteiger partial charge is 0.405 e. The number of hydrogen-bond acceptors (Lipinski definition) is 7. The number of amides is 1. The first kappa shape index (κ1) is 20.7. The molecule has 0 radical (unpaired) electrons. The van der Waals surface area contributed by atoms with Gasteiger partial charge in [0.05, 0.1) is 5.56 Å². The van der Waals surface area contributed by atoms with Gasteiger partial charge in [0.2, 0.25) is 0 Å². The molecule has 2 aromatic heterocycles. The fraction of sp³-hybridized carbons (Fsp3) is 0.238. The number of nitrogens with two attached hydrogens (primary N) is 2. The lowest BCUT2D eigenvalue weighted by Crippen LogP contribution is -2.38. The standard InChI is InChI=1S/C21H22N6O3/c1-12(2)9-21(3,30-20(24)28)11-29-16-5-4-13(8-14(16)10-22)15-6-7-25-18-17(15)26-19(23)27-18/h4-9H,11H2,1-3H3,(H2,24,28)(H3,23,25,26,27). The van der Waals surface area contributed by atoms with Crippen LogP contribution in [0.1, 0.15) is 26.3 Å². The molecule has 2 heterocycles. The van der Waals surface area contributed by atoms with E-state index >= 15 is 0 Å². The first-order valence-corrected chi connectivity index (χ1v) is 9.13. The number of aromatic nitrogens is 3. The molecule has 1 aromatic carbocycles. The molecule has 0 bridgehead atoms. The fourth-order valence-corrected chi connectivity index (χ4v) is 3.23. The number of hydrogen-bond donors (Lipinski definition) is 3. The summed E-state index contributed by atoms with van der Waals surface area (Å²) in [6.45, 7) is 5.41. The van der Waals surface area contributed by atoms with Crippen molar-refractivity contribution >= 4 is 23.2 Å². The van der Waals surface area contributed by atoms with Gasteiger partial charge in [-0.05, 0) is 50.6 Å². The number of aromatic amines is 1. The molecule has 0 saturated carbocycles. The van der Waals surface area contributed by atoms with Gasteiger partial charge in [-0.1, -0.05) is 11.6 Å². The SMILES string of the molecule is CC(C)=CC(C)(COc1ccc(-c2ccnc3[nH]c(N)nc23)cc1C#N)OC(N)=O. The Kier molecular flexibility index (Phi) is 5.60. The zero-order valence-electron chi connectivity index (χ0n) is 16.9. The highest BCUT2D eigenvalue weighted by atomic mass is 16.6. The number of carbonyl (C=O) groups is 1. The minimum atomic E-state index is -1.07. The van der Waals surface area contributed by atoms with E-state index in [9.17, 15) is 10.1 Å². The number of nitrogens with one attached hydrogen (secondary N) is 1. The first-order chi connectivity index (χ1) is 14.2. The van der Waals surface area contributed by atoms with Crippen molar-refractivity contribution in [3.63, 3.8) is 0 Å². The zero-order chi connectivity index (χ0) is 21.9. The van der Waals surface area contributed by atoms with E-state index in [0.717, 1.165) is 16.7 Å². The maximum Gasteiger partial charge on any atom is 0.405 e. The van der Waals surface area contributed by atoms with Crippen LogP contribution in [0.15, 0.2) is 42.1 Å². The molecule has 0 fully saturated rings. The summed E-state index contributed by atoms with van der Waals surface area (Å²) in [5.74, 6) is 0.618. The highest BCUT2D eigenvalue weighted by Gasteiger charge is 2.27. The third-order valence-electron chi connectivity index (χ3n) is 4.26. The third-order valence-corrected chi connectivity index (χ3v) is 4.26. The van der Waals surface area contributed by atoms with Crippen LogP contribution in [0.4, 0.5) is 10.7 Å². The maximum absolute atomic E-state index is 11.3. The minimum absolute atomic E-state index is 0.00938. The van der Waals surface area contributed by atoms with Gasteiger partial charge in [-0.15, -0.1) is 0 Å². The molecule has 154 valence electrons. The van der Waals surface area contributed by atoms with E-state index in [1.165, 1.54) is 0 Å². The summed E-state index contributed by atoms with van der Waals surface area (Å²) in [6, 6.07) is 9.12. The molecule has 0 aliphatic carbocycles. The Morgan fingerprint density at radius 3 is 2.80 bits per heavy atom. The largest absolute Gasteiger partial charge is 0.488 e. The highest BCUT2D eigenvalue weighted by molar-refractivity contribution is 5.91. The van der Waals surface area contributed by atoms with Crippen LogP contribution in [0.5, 0.6) is 5.75 Å². The number of carbonyl (C=O) groups excluding carboxylic acids is 1. The molecule has 1 atom stereocenters. The van der Waals surface area contributed by atoms with Gasteiger partial charge < -0.3 is 25.9 Å². The summed E-state index contributed by atoms with van der Waals surface area (Å²) < 4.78 is 11.0. The molecule has 5 N–H and O–H groups in total. The molecule has 0 aliphatic heterocycles. The highest BCUT2D eigenvalue weighted by Crippen LogP contribution is 2.31. The number of primary amides is 1. The van der Waals surface area contributed by atoms with Gasteiger partial charge in [0, 0.05) is 11.8 Å². The molecule has 0 saturated heterocycles. The van der Waals surface area contributed by atoms with Crippen molar-refractivity contribution in [1.29, 1.82) is 5.26 Å². The molecule has 9 nitrogen and oxygen atoms in total. The quantitative estimate of drug-likeness (QED) is 0.531. The van der Waals surface area contributed by atoms with Crippen molar-refractivity contribution in [3.8, 4) is 22.9 Å². The number of pyridine rings is 1. The van der Waals surface area contributed by atoms with Crippen molar-refractivity contribution in [2.75, 3.05) is 12.3 Å². The number of rotatable bonds is 6. The van der Waals surface area contributed by atoms with Crippen LogP contribution in [-0.2, 0) is 4.74 Å². The lowest BCUT2D eigenvalue weighted by molar-refractivity contribution is 0.0297. The maximum atomic E-state index is 11.3. The Balaban J connectivity index is 1.92. The van der Waals surface area contributed by atoms with Crippen LogP contribution in [0, 0.1) is 11.3 Å². The lowest BCUT2D eigenvalue weighted by Gasteiger charge is -2.26. The second-order valence-electron chi connectivity index (χ2n) is 7.24. The normalized spacial score (nSPS) is 12.6. The Labute approximate surface area is 173 Å². The zero-order valence-corrected chi connectivity index (χ0v) is 16.9. The van der Waals surface area contributed by atoms with E-state index in [1.807, 2.05) is 19.9 Å². The van der Waals surface area contributed by atoms with Crippen molar-refractivity contribution < 1.29 is 14.3 Å². The van der Waals surface area contributed by atoms with Gasteiger partial charge in [0.25, 0.3) is 0 Å². The molecular weight excluding hydrogens is 384 g/mol. The second kappa shape index (κ2) is 8.13. The number of fused-ring (bicyclic) bond motifs is 1. The van der Waals surface area contributed by atoms with Gasteiger partial charge in [0.1, 0.15) is 23.9 Å². The van der Waals surface area contributed by atoms with Crippen LogP contribution >= 0.6 is 0 Å². The number of nitrogens with zero attached hydrogens (tertiary/aromatic N) is 3. The summed E-state index contributed by atoms with van der Waals surface area (Å²) in [7, 11) is 0. The van der Waals surface area contributed by atoms with Crippen LogP contribution in [0.3, 0.4) is 0 Å². The third kappa shape index (κ3) is 4.50. The van der Waals surface area contributed by atoms with Gasteiger partial charge in [0.15, 0.2) is 17.2 Å². The molecular formula is C21H22N6O3. The summed E-state index contributed by atoms with van der Waals surface area (Å²) in [5, 5.41) is 9.63. The number of imidazole rings is 1. The Morgan fingerprint density at radius 2 is 2.13 bits per heavy atom. The molecule has 0 spiro atoms. The van der Waals surface area contributed by atoms with Gasteiger partial charge in [-0.25, -0.2) is 14.8 Å². The molecule has 1 unspecified atom stereocenters. The van der Waals surface area contributed by atoms with Gasteiger partial charge in [-0.3, -0.25) is 0 Å². The van der Waals surface area contributed by atoms with Crippen molar-refractivity contribution in [2.24, 2.45) is 5.73 Å². The topological polar surface area (TPSA) is 153 Å². The Morgan fingerprint density at radius 1 is 1.37 bits per heavy atom. The molecule has 9 heteroatoms. The number of nitrogen functional groups attached to an aromatic ring is 1. The van der Waals surface area contributed by atoms with Gasteiger partial charge >= 0.3 is 6.09 Å².